The van der Waals surface area contributed by atoms with Gasteiger partial charge in [0.1, 0.15) is 0 Å². The van der Waals surface area contributed by atoms with Crippen molar-refractivity contribution in [1.29, 1.82) is 0 Å². The topological polar surface area (TPSA) is 37.3 Å². The Morgan fingerprint density at radius 2 is 1.80 bits per heavy atom. The number of aryl methyl sites for hydroxylation is 2. The first kappa shape index (κ1) is 14.8. The number of carboxylic acids is 1. The number of halogens is 1. The lowest BCUT2D eigenvalue weighted by Crippen LogP contribution is -2.15. The molecule has 0 heterocycles. The average Bonchev–Trinajstić information content (AvgIpc) is 2.40. The molecule has 0 aromatic heterocycles. The van der Waals surface area contributed by atoms with E-state index in [2.05, 4.69) is 22.0 Å². The van der Waals surface area contributed by atoms with Crippen LogP contribution in [0.4, 0.5) is 0 Å². The molecule has 0 fully saturated rings. The van der Waals surface area contributed by atoms with E-state index in [1.54, 1.807) is 0 Å². The SMILES string of the molecule is Cc1ccc(C)c(CC(C(=O)O)c2ccc(Br)cc2)c1. The van der Waals surface area contributed by atoms with Gasteiger partial charge in [-0.1, -0.05) is 51.8 Å². The summed E-state index contributed by atoms with van der Waals surface area (Å²) in [7, 11) is 0. The second kappa shape index (κ2) is 6.23. The fraction of sp³-hybridized carbons (Fsp3) is 0.235. The first-order chi connectivity index (χ1) is 9.47. The zero-order valence-electron chi connectivity index (χ0n) is 11.6. The fourth-order valence-electron chi connectivity index (χ4n) is 2.28. The van der Waals surface area contributed by atoms with E-state index in [0.29, 0.717) is 6.42 Å². The van der Waals surface area contributed by atoms with Crippen molar-refractivity contribution >= 4 is 21.9 Å². The van der Waals surface area contributed by atoms with E-state index in [1.165, 1.54) is 0 Å². The van der Waals surface area contributed by atoms with Crippen molar-refractivity contribution in [3.8, 4) is 0 Å². The van der Waals surface area contributed by atoms with E-state index in [4.69, 9.17) is 0 Å². The molecular weight excluding hydrogens is 316 g/mol. The highest BCUT2D eigenvalue weighted by atomic mass is 79.9. The number of benzene rings is 2. The Morgan fingerprint density at radius 3 is 2.40 bits per heavy atom. The number of aliphatic carboxylic acids is 1. The molecule has 1 atom stereocenters. The molecule has 0 saturated carbocycles. The van der Waals surface area contributed by atoms with E-state index in [0.717, 1.165) is 26.7 Å². The summed E-state index contributed by atoms with van der Waals surface area (Å²) in [4.78, 5) is 11.6. The summed E-state index contributed by atoms with van der Waals surface area (Å²) >= 11 is 3.37. The number of carboxylic acid groups (broad SMARTS) is 1. The second-order valence-electron chi connectivity index (χ2n) is 5.08. The van der Waals surface area contributed by atoms with Gasteiger partial charge < -0.3 is 5.11 Å². The summed E-state index contributed by atoms with van der Waals surface area (Å²) < 4.78 is 0.956. The predicted molar refractivity (Wildman–Crippen MR) is 84.1 cm³/mol. The summed E-state index contributed by atoms with van der Waals surface area (Å²) in [5, 5.41) is 9.51. The highest BCUT2D eigenvalue weighted by Crippen LogP contribution is 2.25. The minimum atomic E-state index is -0.784. The van der Waals surface area contributed by atoms with Crippen molar-refractivity contribution in [2.24, 2.45) is 0 Å². The molecule has 20 heavy (non-hydrogen) atoms. The maximum atomic E-state index is 11.6. The Morgan fingerprint density at radius 1 is 1.15 bits per heavy atom. The van der Waals surface area contributed by atoms with Gasteiger partial charge in [0.05, 0.1) is 5.92 Å². The van der Waals surface area contributed by atoms with Crippen LogP contribution in [0.5, 0.6) is 0 Å². The zero-order chi connectivity index (χ0) is 14.7. The Hall–Kier alpha value is -1.61. The van der Waals surface area contributed by atoms with Crippen LogP contribution in [0.1, 0.15) is 28.2 Å². The predicted octanol–water partition coefficient (Wildman–Crippen LogP) is 4.48. The van der Waals surface area contributed by atoms with Crippen molar-refractivity contribution in [3.63, 3.8) is 0 Å². The summed E-state index contributed by atoms with van der Waals surface area (Å²) in [6.45, 7) is 4.05. The number of carbonyl (C=O) groups is 1. The summed E-state index contributed by atoms with van der Waals surface area (Å²) in [5.41, 5.74) is 4.23. The molecule has 0 radical (unpaired) electrons. The number of hydrogen-bond donors (Lipinski definition) is 1. The molecule has 2 rings (SSSR count). The van der Waals surface area contributed by atoms with Crippen LogP contribution in [0, 0.1) is 13.8 Å². The van der Waals surface area contributed by atoms with Crippen LogP contribution < -0.4 is 0 Å². The smallest absolute Gasteiger partial charge is 0.311 e. The van der Waals surface area contributed by atoms with Crippen LogP contribution >= 0.6 is 15.9 Å². The van der Waals surface area contributed by atoms with Crippen molar-refractivity contribution in [3.05, 3.63) is 69.2 Å². The third-order valence-electron chi connectivity index (χ3n) is 3.50. The third-order valence-corrected chi connectivity index (χ3v) is 4.03. The van der Waals surface area contributed by atoms with E-state index in [1.807, 2.05) is 50.2 Å². The minimum absolute atomic E-state index is 0.511. The normalized spacial score (nSPS) is 12.2. The largest absolute Gasteiger partial charge is 0.481 e. The fourth-order valence-corrected chi connectivity index (χ4v) is 2.55. The number of hydrogen-bond acceptors (Lipinski definition) is 1. The molecule has 2 nitrogen and oxygen atoms in total. The van der Waals surface area contributed by atoms with E-state index in [9.17, 15) is 9.90 Å². The van der Waals surface area contributed by atoms with Crippen molar-refractivity contribution in [2.75, 3.05) is 0 Å². The third kappa shape index (κ3) is 3.48. The Labute approximate surface area is 127 Å². The van der Waals surface area contributed by atoms with Crippen LogP contribution in [-0.2, 0) is 11.2 Å². The quantitative estimate of drug-likeness (QED) is 0.896. The van der Waals surface area contributed by atoms with Gasteiger partial charge in [0.25, 0.3) is 0 Å². The first-order valence-corrected chi connectivity index (χ1v) is 7.31. The molecule has 0 amide bonds. The van der Waals surface area contributed by atoms with Gasteiger partial charge in [0.15, 0.2) is 0 Å². The average molecular weight is 333 g/mol. The van der Waals surface area contributed by atoms with Gasteiger partial charge in [-0.05, 0) is 49.1 Å². The molecule has 0 aliphatic carbocycles. The van der Waals surface area contributed by atoms with Crippen molar-refractivity contribution < 1.29 is 9.90 Å². The Kier molecular flexibility index (Phi) is 4.61. The van der Waals surface area contributed by atoms with Crippen LogP contribution in [0.15, 0.2) is 46.9 Å². The molecule has 0 aliphatic heterocycles. The van der Waals surface area contributed by atoms with Gasteiger partial charge in [0, 0.05) is 4.47 Å². The van der Waals surface area contributed by atoms with E-state index < -0.39 is 11.9 Å². The van der Waals surface area contributed by atoms with Crippen LogP contribution in [-0.4, -0.2) is 11.1 Å². The second-order valence-corrected chi connectivity index (χ2v) is 5.99. The monoisotopic (exact) mass is 332 g/mol. The molecule has 0 saturated heterocycles. The van der Waals surface area contributed by atoms with Crippen molar-refractivity contribution in [2.45, 2.75) is 26.2 Å². The molecular formula is C17H17BrO2. The maximum absolute atomic E-state index is 11.6. The lowest BCUT2D eigenvalue weighted by Gasteiger charge is -2.15. The van der Waals surface area contributed by atoms with Crippen molar-refractivity contribution in [1.82, 2.24) is 0 Å². The van der Waals surface area contributed by atoms with Gasteiger partial charge in [-0.25, -0.2) is 0 Å². The molecule has 1 unspecified atom stereocenters. The standard InChI is InChI=1S/C17H17BrO2/c1-11-3-4-12(2)14(9-11)10-16(17(19)20)13-5-7-15(18)8-6-13/h3-9,16H,10H2,1-2H3,(H,19,20). The lowest BCUT2D eigenvalue weighted by molar-refractivity contribution is -0.138. The van der Waals surface area contributed by atoms with E-state index >= 15 is 0 Å². The molecule has 3 heteroatoms. The van der Waals surface area contributed by atoms with Gasteiger partial charge >= 0.3 is 5.97 Å². The van der Waals surface area contributed by atoms with Crippen LogP contribution in [0.2, 0.25) is 0 Å². The Bertz CT molecular complexity index is 617. The molecule has 0 spiro atoms. The van der Waals surface area contributed by atoms with E-state index in [-0.39, 0.29) is 0 Å². The minimum Gasteiger partial charge on any atom is -0.481 e. The van der Waals surface area contributed by atoms with Crippen LogP contribution in [0.3, 0.4) is 0 Å². The highest BCUT2D eigenvalue weighted by Gasteiger charge is 2.21. The summed E-state index contributed by atoms with van der Waals surface area (Å²) in [6.07, 6.45) is 0.518. The first-order valence-electron chi connectivity index (χ1n) is 6.52. The van der Waals surface area contributed by atoms with Gasteiger partial charge in [-0.15, -0.1) is 0 Å². The highest BCUT2D eigenvalue weighted by molar-refractivity contribution is 9.10. The molecule has 2 aromatic carbocycles. The number of rotatable bonds is 4. The van der Waals surface area contributed by atoms with Gasteiger partial charge in [0.2, 0.25) is 0 Å². The van der Waals surface area contributed by atoms with Crippen LogP contribution in [0.25, 0.3) is 0 Å². The molecule has 104 valence electrons. The summed E-state index contributed by atoms with van der Waals surface area (Å²) in [6, 6.07) is 13.7. The maximum Gasteiger partial charge on any atom is 0.311 e. The zero-order valence-corrected chi connectivity index (χ0v) is 13.1. The van der Waals surface area contributed by atoms with Gasteiger partial charge in [-0.3, -0.25) is 4.79 Å². The molecule has 2 aromatic rings. The summed E-state index contributed by atoms with van der Waals surface area (Å²) in [5.74, 6) is -1.29. The Balaban J connectivity index is 2.32. The molecule has 0 bridgehead atoms. The lowest BCUT2D eigenvalue weighted by atomic mass is 9.89. The molecule has 0 aliphatic rings. The molecule has 1 N–H and O–H groups in total. The van der Waals surface area contributed by atoms with Gasteiger partial charge in [-0.2, -0.15) is 0 Å².